The lowest BCUT2D eigenvalue weighted by atomic mass is 10.0. The largest absolute Gasteiger partial charge is 0.433 e. The number of thiophene rings is 1. The maximum Gasteiger partial charge on any atom is 0.433 e. The van der Waals surface area contributed by atoms with Crippen LogP contribution in [0.15, 0.2) is 18.5 Å². The van der Waals surface area contributed by atoms with E-state index in [-0.39, 0.29) is 26.3 Å². The van der Waals surface area contributed by atoms with Crippen molar-refractivity contribution in [2.75, 3.05) is 5.32 Å². The molecule has 0 aliphatic heterocycles. The highest BCUT2D eigenvalue weighted by Gasteiger charge is 2.35. The van der Waals surface area contributed by atoms with Crippen molar-refractivity contribution < 1.29 is 22.8 Å². The number of carbonyl (C=O) groups is 2. The molecule has 1 unspecified atom stereocenters. The Hall–Kier alpha value is -3.45. The molecule has 0 fully saturated rings. The Morgan fingerprint density at radius 1 is 1.26 bits per heavy atom. The lowest BCUT2D eigenvalue weighted by Crippen LogP contribution is -2.25. The second-order valence-electron chi connectivity index (χ2n) is 7.88. The Bertz CT molecular complexity index is 1470. The molecule has 4 aromatic rings. The number of hydrogen-bond acceptors (Lipinski definition) is 6. The second kappa shape index (κ2) is 8.64. The number of nitrogens with one attached hydrogen (secondary N) is 1. The number of anilines is 1. The summed E-state index contributed by atoms with van der Waals surface area (Å²) in [5, 5.41) is 11.5. The molecule has 0 aliphatic rings. The van der Waals surface area contributed by atoms with E-state index in [0.29, 0.717) is 33.3 Å². The van der Waals surface area contributed by atoms with E-state index >= 15 is 0 Å². The summed E-state index contributed by atoms with van der Waals surface area (Å²) in [6.45, 7) is 4.92. The molecule has 0 aliphatic carbocycles. The highest BCUT2D eigenvalue weighted by Crippen LogP contribution is 2.44. The Labute approximate surface area is 205 Å². The van der Waals surface area contributed by atoms with Crippen LogP contribution >= 0.6 is 22.9 Å². The molecule has 1 atom stereocenters. The van der Waals surface area contributed by atoms with Gasteiger partial charge in [-0.2, -0.15) is 23.4 Å². The maximum absolute atomic E-state index is 13.7. The van der Waals surface area contributed by atoms with Crippen molar-refractivity contribution in [2.24, 2.45) is 12.8 Å². The average molecular weight is 526 g/mol. The quantitative estimate of drug-likeness (QED) is 0.398. The summed E-state index contributed by atoms with van der Waals surface area (Å²) in [5.41, 5.74) is 5.95. The molecule has 0 radical (unpaired) electrons. The summed E-state index contributed by atoms with van der Waals surface area (Å²) in [6.07, 6.45) is -1.86. The van der Waals surface area contributed by atoms with E-state index < -0.39 is 29.7 Å². The zero-order valence-electron chi connectivity index (χ0n) is 18.9. The number of fused-ring (bicyclic) bond motifs is 1. The molecule has 184 valence electrons. The predicted octanol–water partition coefficient (Wildman–Crippen LogP) is 4.48. The summed E-state index contributed by atoms with van der Waals surface area (Å²) >= 11 is 6.71. The molecule has 3 N–H and O–H groups in total. The van der Waals surface area contributed by atoms with Crippen LogP contribution in [-0.2, 0) is 18.0 Å². The van der Waals surface area contributed by atoms with Gasteiger partial charge in [0.25, 0.3) is 5.91 Å². The molecule has 0 saturated heterocycles. The van der Waals surface area contributed by atoms with E-state index in [1.807, 2.05) is 0 Å². The lowest BCUT2D eigenvalue weighted by molar-refractivity contribution is -0.140. The molecule has 0 bridgehead atoms. The normalized spacial score (nSPS) is 12.8. The Morgan fingerprint density at radius 3 is 2.46 bits per heavy atom. The third-order valence-electron chi connectivity index (χ3n) is 5.58. The number of amides is 2. The van der Waals surface area contributed by atoms with Gasteiger partial charge in [0.2, 0.25) is 5.91 Å². The molecule has 0 spiro atoms. The number of aromatic nitrogens is 5. The maximum atomic E-state index is 13.7. The summed E-state index contributed by atoms with van der Waals surface area (Å²) < 4.78 is 43.8. The molecule has 9 nitrogen and oxygen atoms in total. The van der Waals surface area contributed by atoms with Crippen LogP contribution in [0.2, 0.25) is 5.02 Å². The second-order valence-corrected chi connectivity index (χ2v) is 9.28. The molecular formula is C21H19ClF3N7O2S. The van der Waals surface area contributed by atoms with E-state index in [1.165, 1.54) is 21.8 Å². The standard InChI is InChI=1S/C21H19ClF3N7O2S/c1-8-13(22)7-32(30-8)10(3)19(34)29-16-15-11(12-6-27-31(4)9(12)2)5-14(21(23,24)25)28-20(15)35-17(16)18(26)33/h5-7,10H,1-4H3,(H2,26,33)(H,29,34). The number of carbonyl (C=O) groups excluding carboxylic acids is 2. The number of primary amides is 1. The van der Waals surface area contributed by atoms with Gasteiger partial charge in [-0.3, -0.25) is 19.0 Å². The monoisotopic (exact) mass is 525 g/mol. The number of nitrogens with two attached hydrogens (primary N) is 1. The molecule has 0 saturated carbocycles. The van der Waals surface area contributed by atoms with E-state index in [1.54, 1.807) is 27.8 Å². The Balaban J connectivity index is 1.94. The van der Waals surface area contributed by atoms with E-state index in [2.05, 4.69) is 20.5 Å². The van der Waals surface area contributed by atoms with Gasteiger partial charge in [-0.1, -0.05) is 11.6 Å². The van der Waals surface area contributed by atoms with Crippen molar-refractivity contribution in [3.05, 3.63) is 45.4 Å². The molecular weight excluding hydrogens is 507 g/mol. The van der Waals surface area contributed by atoms with E-state index in [0.717, 1.165) is 6.07 Å². The van der Waals surface area contributed by atoms with Gasteiger partial charge in [-0.25, -0.2) is 4.98 Å². The molecule has 14 heteroatoms. The summed E-state index contributed by atoms with van der Waals surface area (Å²) in [4.78, 5) is 28.8. The van der Waals surface area contributed by atoms with E-state index in [9.17, 15) is 22.8 Å². The number of aryl methyl sites for hydroxylation is 2. The number of halogens is 4. The van der Waals surface area contributed by atoms with Crippen LogP contribution in [-0.4, -0.2) is 36.4 Å². The van der Waals surface area contributed by atoms with Crippen LogP contribution in [0.3, 0.4) is 0 Å². The summed E-state index contributed by atoms with van der Waals surface area (Å²) in [7, 11) is 1.64. The van der Waals surface area contributed by atoms with Crippen molar-refractivity contribution in [3.8, 4) is 11.1 Å². The Kier molecular flexibility index (Phi) is 6.09. The fraction of sp³-hybridized carbons (Fsp3) is 0.286. The Morgan fingerprint density at radius 2 is 1.94 bits per heavy atom. The SMILES string of the molecule is Cc1nn(C(C)C(=O)Nc2c(C(N)=O)sc3nc(C(F)(F)F)cc(-c4cnn(C)c4C)c23)cc1Cl. The molecule has 4 heterocycles. The topological polar surface area (TPSA) is 121 Å². The highest BCUT2D eigenvalue weighted by molar-refractivity contribution is 7.21. The van der Waals surface area contributed by atoms with Crippen LogP contribution in [0.5, 0.6) is 0 Å². The van der Waals surface area contributed by atoms with Crippen molar-refractivity contribution in [1.82, 2.24) is 24.5 Å². The fourth-order valence-corrected chi connectivity index (χ4v) is 4.66. The first-order valence-electron chi connectivity index (χ1n) is 10.1. The first kappa shape index (κ1) is 24.7. The zero-order chi connectivity index (χ0) is 25.8. The van der Waals surface area contributed by atoms with Crippen LogP contribution in [0, 0.1) is 13.8 Å². The molecule has 0 aromatic carbocycles. The van der Waals surface area contributed by atoms with Crippen LogP contribution < -0.4 is 11.1 Å². The predicted molar refractivity (Wildman–Crippen MR) is 125 cm³/mol. The fourth-order valence-electron chi connectivity index (χ4n) is 3.52. The van der Waals surface area contributed by atoms with Gasteiger partial charge in [-0.15, -0.1) is 11.3 Å². The molecule has 2 amide bonds. The number of hydrogen-bond donors (Lipinski definition) is 2. The summed E-state index contributed by atoms with van der Waals surface area (Å²) in [5.74, 6) is -1.50. The minimum Gasteiger partial charge on any atom is -0.365 e. The van der Waals surface area contributed by atoms with Gasteiger partial charge in [0.05, 0.1) is 22.6 Å². The van der Waals surface area contributed by atoms with Gasteiger partial charge in [0.1, 0.15) is 21.4 Å². The van der Waals surface area contributed by atoms with Crippen LogP contribution in [0.25, 0.3) is 21.3 Å². The lowest BCUT2D eigenvalue weighted by Gasteiger charge is -2.15. The number of alkyl halides is 3. The molecule has 4 aromatic heterocycles. The highest BCUT2D eigenvalue weighted by atomic mass is 35.5. The van der Waals surface area contributed by atoms with Crippen LogP contribution in [0.4, 0.5) is 18.9 Å². The summed E-state index contributed by atoms with van der Waals surface area (Å²) in [6, 6.07) is 0.0161. The van der Waals surface area contributed by atoms with Gasteiger partial charge >= 0.3 is 6.18 Å². The van der Waals surface area contributed by atoms with Gasteiger partial charge < -0.3 is 11.1 Å². The number of pyridine rings is 1. The van der Waals surface area contributed by atoms with Crippen molar-refractivity contribution in [3.63, 3.8) is 0 Å². The van der Waals surface area contributed by atoms with Crippen molar-refractivity contribution in [1.29, 1.82) is 0 Å². The van der Waals surface area contributed by atoms with Gasteiger partial charge in [-0.05, 0) is 32.4 Å². The zero-order valence-corrected chi connectivity index (χ0v) is 20.4. The van der Waals surface area contributed by atoms with Gasteiger partial charge in [0, 0.05) is 29.9 Å². The molecule has 4 rings (SSSR count). The van der Waals surface area contributed by atoms with Crippen molar-refractivity contribution in [2.45, 2.75) is 33.0 Å². The number of nitrogens with zero attached hydrogens (tertiary/aromatic N) is 5. The van der Waals surface area contributed by atoms with E-state index in [4.69, 9.17) is 17.3 Å². The average Bonchev–Trinajstić information content (AvgIpc) is 3.42. The van der Waals surface area contributed by atoms with Crippen LogP contribution in [0.1, 0.15) is 39.7 Å². The number of rotatable bonds is 5. The first-order valence-corrected chi connectivity index (χ1v) is 11.3. The third-order valence-corrected chi connectivity index (χ3v) is 7.05. The minimum atomic E-state index is -4.74. The third kappa shape index (κ3) is 4.36. The molecule has 35 heavy (non-hydrogen) atoms. The van der Waals surface area contributed by atoms with Crippen molar-refractivity contribution >= 4 is 50.7 Å². The minimum absolute atomic E-state index is 0.0243. The smallest absolute Gasteiger partial charge is 0.365 e. The van der Waals surface area contributed by atoms with Gasteiger partial charge in [0.15, 0.2) is 0 Å². The first-order chi connectivity index (χ1) is 16.3.